The maximum absolute atomic E-state index is 13.7. The number of benzene rings is 1. The molecule has 0 radical (unpaired) electrons. The van der Waals surface area contributed by atoms with Gasteiger partial charge in [0.15, 0.2) is 0 Å². The summed E-state index contributed by atoms with van der Waals surface area (Å²) in [5.41, 5.74) is 0.740. The monoisotopic (exact) mass is 247 g/mol. The van der Waals surface area contributed by atoms with Crippen LogP contribution in [0.3, 0.4) is 0 Å². The zero-order chi connectivity index (χ0) is 13.0. The summed E-state index contributed by atoms with van der Waals surface area (Å²) in [6.45, 7) is 2.00. The minimum atomic E-state index is -0.431. The molecule has 18 heavy (non-hydrogen) atoms. The molecule has 1 saturated heterocycles. The molecule has 0 atom stereocenters. The van der Waals surface area contributed by atoms with E-state index in [1.807, 2.05) is 6.07 Å². The van der Waals surface area contributed by atoms with E-state index in [4.69, 9.17) is 5.26 Å². The van der Waals surface area contributed by atoms with Crippen LogP contribution in [0.1, 0.15) is 17.5 Å². The van der Waals surface area contributed by atoms with Crippen LogP contribution < -0.4 is 5.32 Å². The maximum Gasteiger partial charge on any atom is 0.236 e. The van der Waals surface area contributed by atoms with Gasteiger partial charge in [0.05, 0.1) is 18.2 Å². The lowest BCUT2D eigenvalue weighted by Gasteiger charge is -2.20. The molecule has 1 aliphatic rings. The predicted molar refractivity (Wildman–Crippen MR) is 64.0 cm³/mol. The molecule has 1 aliphatic heterocycles. The Bertz CT molecular complexity index is 495. The molecule has 2 rings (SSSR count). The van der Waals surface area contributed by atoms with E-state index < -0.39 is 5.82 Å². The number of nitrogens with one attached hydrogen (secondary N) is 1. The van der Waals surface area contributed by atoms with E-state index in [0.29, 0.717) is 24.2 Å². The highest BCUT2D eigenvalue weighted by Gasteiger charge is 2.17. The molecule has 1 heterocycles. The first-order valence-corrected chi connectivity index (χ1v) is 5.88. The Balaban J connectivity index is 2.13. The summed E-state index contributed by atoms with van der Waals surface area (Å²) in [5.74, 6) is -0.449. The Morgan fingerprint density at radius 2 is 2.33 bits per heavy atom. The number of nitrogens with zero attached hydrogens (tertiary/aromatic N) is 2. The second-order valence-electron chi connectivity index (χ2n) is 4.26. The fourth-order valence-electron chi connectivity index (χ4n) is 1.94. The number of rotatable bonds is 2. The molecular weight excluding hydrogens is 233 g/mol. The molecular formula is C13H14FN3O. The largest absolute Gasteiger partial charge is 0.337 e. The van der Waals surface area contributed by atoms with E-state index in [0.717, 1.165) is 13.0 Å². The predicted octanol–water partition coefficient (Wildman–Crippen LogP) is 1.02. The molecule has 0 aliphatic carbocycles. The third kappa shape index (κ3) is 2.84. The zero-order valence-corrected chi connectivity index (χ0v) is 9.95. The quantitative estimate of drug-likeness (QED) is 0.849. The number of hydrogen-bond donors (Lipinski definition) is 1. The summed E-state index contributed by atoms with van der Waals surface area (Å²) in [7, 11) is 0. The van der Waals surface area contributed by atoms with Gasteiger partial charge in [0.1, 0.15) is 5.82 Å². The molecule has 1 aromatic carbocycles. The van der Waals surface area contributed by atoms with Gasteiger partial charge in [-0.1, -0.05) is 6.07 Å². The number of hydrogen-bond acceptors (Lipinski definition) is 3. The fraction of sp³-hybridized carbons (Fsp3) is 0.385. The van der Waals surface area contributed by atoms with Gasteiger partial charge in [-0.25, -0.2) is 4.39 Å². The second-order valence-corrected chi connectivity index (χ2v) is 4.26. The van der Waals surface area contributed by atoms with Crippen LogP contribution in [0.25, 0.3) is 0 Å². The smallest absolute Gasteiger partial charge is 0.236 e. The third-order valence-electron chi connectivity index (χ3n) is 2.95. The van der Waals surface area contributed by atoms with Crippen molar-refractivity contribution in [2.75, 3.05) is 19.6 Å². The van der Waals surface area contributed by atoms with Gasteiger partial charge in [0.2, 0.25) is 5.91 Å². The maximum atomic E-state index is 13.7. The Morgan fingerprint density at radius 1 is 1.50 bits per heavy atom. The normalized spacial score (nSPS) is 16.2. The van der Waals surface area contributed by atoms with Crippen LogP contribution >= 0.6 is 0 Å². The fourth-order valence-corrected chi connectivity index (χ4v) is 1.94. The van der Waals surface area contributed by atoms with Crippen LogP contribution in [0.2, 0.25) is 0 Å². The average Bonchev–Trinajstić information content (AvgIpc) is 2.57. The van der Waals surface area contributed by atoms with Crippen LogP contribution in [0.4, 0.5) is 4.39 Å². The van der Waals surface area contributed by atoms with Crippen molar-refractivity contribution >= 4 is 5.91 Å². The molecule has 1 fully saturated rings. The third-order valence-corrected chi connectivity index (χ3v) is 2.95. The van der Waals surface area contributed by atoms with Crippen molar-refractivity contribution in [1.29, 1.82) is 5.26 Å². The van der Waals surface area contributed by atoms with Gasteiger partial charge in [-0.15, -0.1) is 0 Å². The highest BCUT2D eigenvalue weighted by Crippen LogP contribution is 2.13. The Labute approximate surface area is 105 Å². The van der Waals surface area contributed by atoms with Crippen molar-refractivity contribution in [2.24, 2.45) is 0 Å². The zero-order valence-electron chi connectivity index (χ0n) is 9.95. The molecule has 0 aromatic heterocycles. The van der Waals surface area contributed by atoms with E-state index in [2.05, 4.69) is 5.32 Å². The second kappa shape index (κ2) is 5.61. The minimum Gasteiger partial charge on any atom is -0.337 e. The standard InChI is InChI=1S/C13H14FN3O/c14-12-6-10(7-15)2-3-11(12)9-17-5-1-4-16-8-13(17)18/h2-3,6,16H,1,4-5,8-9H2. The molecule has 0 unspecified atom stereocenters. The van der Waals surface area contributed by atoms with Gasteiger partial charge in [-0.3, -0.25) is 4.79 Å². The van der Waals surface area contributed by atoms with E-state index in [1.165, 1.54) is 6.07 Å². The summed E-state index contributed by atoms with van der Waals surface area (Å²) in [5, 5.41) is 11.7. The lowest BCUT2D eigenvalue weighted by atomic mass is 10.1. The molecule has 1 N–H and O–H groups in total. The molecule has 0 bridgehead atoms. The Kier molecular flexibility index (Phi) is 3.90. The number of halogens is 1. The van der Waals surface area contributed by atoms with Crippen LogP contribution in [-0.2, 0) is 11.3 Å². The lowest BCUT2D eigenvalue weighted by molar-refractivity contribution is -0.130. The van der Waals surface area contributed by atoms with E-state index in [1.54, 1.807) is 17.0 Å². The van der Waals surface area contributed by atoms with Gasteiger partial charge < -0.3 is 10.2 Å². The van der Waals surface area contributed by atoms with Crippen molar-refractivity contribution in [3.63, 3.8) is 0 Å². The van der Waals surface area contributed by atoms with Gasteiger partial charge in [-0.2, -0.15) is 5.26 Å². The van der Waals surface area contributed by atoms with Gasteiger partial charge >= 0.3 is 0 Å². The number of amides is 1. The first kappa shape index (κ1) is 12.5. The summed E-state index contributed by atoms with van der Waals surface area (Å²) in [4.78, 5) is 13.4. The van der Waals surface area contributed by atoms with Crippen LogP contribution in [-0.4, -0.2) is 30.4 Å². The lowest BCUT2D eigenvalue weighted by Crippen LogP contribution is -2.34. The van der Waals surface area contributed by atoms with Gasteiger partial charge in [-0.05, 0) is 25.1 Å². The van der Waals surface area contributed by atoms with Crippen molar-refractivity contribution in [3.8, 4) is 6.07 Å². The topological polar surface area (TPSA) is 56.1 Å². The number of carbonyl (C=O) groups is 1. The van der Waals surface area contributed by atoms with Crippen LogP contribution in [0, 0.1) is 17.1 Å². The van der Waals surface area contributed by atoms with Crippen molar-refractivity contribution < 1.29 is 9.18 Å². The van der Waals surface area contributed by atoms with Gasteiger partial charge in [0, 0.05) is 18.7 Å². The molecule has 0 saturated carbocycles. The molecule has 0 spiro atoms. The minimum absolute atomic E-state index is 0.0174. The van der Waals surface area contributed by atoms with E-state index in [-0.39, 0.29) is 12.5 Å². The summed E-state index contributed by atoms with van der Waals surface area (Å²) >= 11 is 0. The Hall–Kier alpha value is -1.93. The molecule has 5 heteroatoms. The highest BCUT2D eigenvalue weighted by molar-refractivity contribution is 5.78. The molecule has 1 aromatic rings. The van der Waals surface area contributed by atoms with E-state index >= 15 is 0 Å². The highest BCUT2D eigenvalue weighted by atomic mass is 19.1. The van der Waals surface area contributed by atoms with Crippen molar-refractivity contribution in [2.45, 2.75) is 13.0 Å². The van der Waals surface area contributed by atoms with Crippen molar-refractivity contribution in [3.05, 3.63) is 35.1 Å². The van der Waals surface area contributed by atoms with Gasteiger partial charge in [0.25, 0.3) is 0 Å². The summed E-state index contributed by atoms with van der Waals surface area (Å²) in [6, 6.07) is 6.23. The molecule has 1 amide bonds. The van der Waals surface area contributed by atoms with Crippen LogP contribution in [0.5, 0.6) is 0 Å². The van der Waals surface area contributed by atoms with E-state index in [9.17, 15) is 9.18 Å². The molecule has 94 valence electrons. The molecule has 4 nitrogen and oxygen atoms in total. The SMILES string of the molecule is N#Cc1ccc(CN2CCCNCC2=O)c(F)c1. The number of carbonyl (C=O) groups excluding carboxylic acids is 1. The number of nitriles is 1. The first-order chi connectivity index (χ1) is 8.70. The summed E-state index contributed by atoms with van der Waals surface area (Å²) in [6.07, 6.45) is 0.865. The summed E-state index contributed by atoms with van der Waals surface area (Å²) < 4.78 is 13.7. The Morgan fingerprint density at radius 3 is 3.06 bits per heavy atom. The average molecular weight is 247 g/mol. The van der Waals surface area contributed by atoms with Crippen molar-refractivity contribution in [1.82, 2.24) is 10.2 Å². The first-order valence-electron chi connectivity index (χ1n) is 5.88. The van der Waals surface area contributed by atoms with Crippen LogP contribution in [0.15, 0.2) is 18.2 Å².